The average molecular weight is 930 g/mol. The van der Waals surface area contributed by atoms with Gasteiger partial charge in [0.15, 0.2) is 0 Å². The molecule has 8 nitrogen and oxygen atoms in total. The van der Waals surface area contributed by atoms with E-state index < -0.39 is 6.16 Å². The van der Waals surface area contributed by atoms with E-state index in [2.05, 4.69) is 135 Å². The number of hydrogen-bond acceptors (Lipinski definition) is 5. The summed E-state index contributed by atoms with van der Waals surface area (Å²) in [4.78, 5) is 19.4. The number of aromatic hydroxyl groups is 2. The zero-order valence-electron chi connectivity index (χ0n) is 43.9. The number of unbranched alkanes of at least 4 members (excludes halogenated alkanes) is 3. The maximum Gasteiger partial charge on any atom is 0.503 e. The van der Waals surface area contributed by atoms with Crippen LogP contribution in [0.4, 0.5) is 4.79 Å². The smallest absolute Gasteiger partial charge is 0.503 e. The molecule has 0 spiro atoms. The van der Waals surface area contributed by atoms with Crippen molar-refractivity contribution in [1.29, 1.82) is 0 Å². The van der Waals surface area contributed by atoms with E-state index in [4.69, 9.17) is 25.0 Å². The number of aliphatic imine (C=N–C) groups is 2. The minimum atomic E-state index is -1.83. The van der Waals surface area contributed by atoms with Gasteiger partial charge in [0.1, 0.15) is 11.5 Å². The molecule has 0 aromatic heterocycles. The average Bonchev–Trinajstić information content (AvgIpc) is 3.48. The topological polar surface area (TPSA) is 123 Å². The Morgan fingerprint density at radius 1 is 0.594 bits per heavy atom. The number of benzene rings is 2. The fraction of sp³-hybridized carbons (Fsp3) is 0.709. The van der Waals surface area contributed by atoms with E-state index in [1.165, 1.54) is 106 Å². The summed E-state index contributed by atoms with van der Waals surface area (Å²) in [6.07, 6.45) is 16.5. The zero-order valence-corrected chi connectivity index (χ0v) is 45.2. The molecule has 2 unspecified atom stereocenters. The van der Waals surface area contributed by atoms with Crippen molar-refractivity contribution in [3.8, 4) is 11.5 Å². The number of carbonyl (C=O) groups is 1. The number of quaternary nitrogens is 1. The van der Waals surface area contributed by atoms with Crippen molar-refractivity contribution in [2.24, 2.45) is 15.4 Å². The first-order valence-electron chi connectivity index (χ1n) is 24.2. The Balaban J connectivity index is 0.00000633. The number of hydrogen-bond donors (Lipinski definition) is 4. The molecule has 0 saturated heterocycles. The first-order valence-corrected chi connectivity index (χ1v) is 24.2. The van der Waals surface area contributed by atoms with E-state index in [0.717, 1.165) is 35.1 Å². The molecule has 0 aliphatic heterocycles. The molecule has 366 valence electrons. The summed E-state index contributed by atoms with van der Waals surface area (Å²) in [6, 6.07) is 8.64. The Bertz CT molecular complexity index is 1650. The summed E-state index contributed by atoms with van der Waals surface area (Å²) in [5, 5.41) is 37.4. The van der Waals surface area contributed by atoms with E-state index in [1.807, 2.05) is 12.4 Å². The quantitative estimate of drug-likeness (QED) is 0.0484. The number of phenolic OH excluding ortho intramolecular Hbond substituents is 2. The molecule has 1 saturated carbocycles. The fourth-order valence-corrected chi connectivity index (χ4v) is 9.74. The van der Waals surface area contributed by atoms with E-state index in [1.54, 1.807) is 0 Å². The molecule has 1 fully saturated rings. The minimum absolute atomic E-state index is 0. The van der Waals surface area contributed by atoms with Gasteiger partial charge < -0.3 is 32.3 Å². The second-order valence-electron chi connectivity index (χ2n) is 23.0. The molecular formula is C55H95CrN3O5. The van der Waals surface area contributed by atoms with Crippen LogP contribution in [0.5, 0.6) is 11.5 Å². The molecule has 0 heterocycles. The normalized spacial score (nSPS) is 18.4. The van der Waals surface area contributed by atoms with Crippen LogP contribution >= 0.6 is 0 Å². The van der Waals surface area contributed by atoms with Crippen molar-refractivity contribution in [3.05, 3.63) is 65.1 Å². The predicted octanol–water partition coefficient (Wildman–Crippen LogP) is 14.8. The third-order valence-corrected chi connectivity index (χ3v) is 13.2. The second-order valence-corrected chi connectivity index (χ2v) is 23.0. The molecule has 0 amide bonds. The van der Waals surface area contributed by atoms with Gasteiger partial charge in [0.05, 0.1) is 38.3 Å². The third kappa shape index (κ3) is 18.4. The molecule has 1 aliphatic rings. The van der Waals surface area contributed by atoms with Crippen molar-refractivity contribution >= 4 is 18.6 Å². The first-order chi connectivity index (χ1) is 28.6. The molecule has 1 aliphatic carbocycles. The van der Waals surface area contributed by atoms with Gasteiger partial charge in [-0.2, -0.15) is 0 Å². The van der Waals surface area contributed by atoms with Gasteiger partial charge in [-0.1, -0.05) is 142 Å². The summed E-state index contributed by atoms with van der Waals surface area (Å²) in [6.45, 7) is 41.0. The summed E-state index contributed by atoms with van der Waals surface area (Å²) >= 11 is 0. The van der Waals surface area contributed by atoms with Crippen molar-refractivity contribution in [2.45, 2.75) is 222 Å². The third-order valence-electron chi connectivity index (χ3n) is 13.2. The summed E-state index contributed by atoms with van der Waals surface area (Å²) < 4.78 is 1.27. The summed E-state index contributed by atoms with van der Waals surface area (Å²) in [5.41, 5.74) is 5.54. The summed E-state index contributed by atoms with van der Waals surface area (Å²) in [5.74, 6) is 0.672. The Morgan fingerprint density at radius 2 is 0.938 bits per heavy atom. The van der Waals surface area contributed by atoms with Crippen LogP contribution in [0.2, 0.25) is 0 Å². The van der Waals surface area contributed by atoms with Gasteiger partial charge in [-0.3, -0.25) is 9.98 Å². The number of phenols is 2. The number of nitrogens with zero attached hydrogens (tertiary/aromatic N) is 3. The van der Waals surface area contributed by atoms with Crippen LogP contribution in [-0.4, -0.2) is 81.8 Å². The van der Waals surface area contributed by atoms with Crippen LogP contribution in [-0.2, 0) is 39.0 Å². The Kier molecular flexibility index (Phi) is 24.7. The van der Waals surface area contributed by atoms with Gasteiger partial charge in [-0.15, -0.1) is 0 Å². The number of carboxylic acid groups (broad SMARTS) is 2. The van der Waals surface area contributed by atoms with Gasteiger partial charge in [-0.25, -0.2) is 4.79 Å². The first kappa shape index (κ1) is 61.1. The van der Waals surface area contributed by atoms with Crippen molar-refractivity contribution in [1.82, 2.24) is 0 Å². The fourth-order valence-electron chi connectivity index (χ4n) is 9.74. The van der Waals surface area contributed by atoms with Crippen LogP contribution in [0.1, 0.15) is 221 Å². The van der Waals surface area contributed by atoms with Gasteiger partial charge in [0, 0.05) is 52.0 Å². The van der Waals surface area contributed by atoms with Crippen molar-refractivity contribution in [2.75, 3.05) is 26.2 Å². The molecule has 0 bridgehead atoms. The zero-order chi connectivity index (χ0) is 47.3. The van der Waals surface area contributed by atoms with E-state index in [0.29, 0.717) is 11.5 Å². The molecular weight excluding hydrogens is 835 g/mol. The van der Waals surface area contributed by atoms with Gasteiger partial charge in [0.25, 0.3) is 0 Å². The Hall–Kier alpha value is -2.86. The predicted molar refractivity (Wildman–Crippen MR) is 271 cm³/mol. The van der Waals surface area contributed by atoms with Crippen LogP contribution in [0.25, 0.3) is 0 Å². The van der Waals surface area contributed by atoms with Crippen molar-refractivity contribution < 1.29 is 47.1 Å². The maximum atomic E-state index is 11.7. The van der Waals surface area contributed by atoms with E-state index in [-0.39, 0.29) is 63.9 Å². The van der Waals surface area contributed by atoms with Gasteiger partial charge in [-0.05, 0) is 108 Å². The molecule has 64 heavy (non-hydrogen) atoms. The molecule has 9 heteroatoms. The van der Waals surface area contributed by atoms with Gasteiger partial charge >= 0.3 is 6.16 Å². The molecule has 0 radical (unpaired) electrons. The van der Waals surface area contributed by atoms with E-state index >= 15 is 0 Å². The second kappa shape index (κ2) is 25.9. The summed E-state index contributed by atoms with van der Waals surface area (Å²) in [7, 11) is 0. The largest absolute Gasteiger partial charge is 0.507 e. The van der Waals surface area contributed by atoms with Crippen LogP contribution < -0.4 is 0 Å². The van der Waals surface area contributed by atoms with Crippen LogP contribution in [0.3, 0.4) is 0 Å². The monoisotopic (exact) mass is 930 g/mol. The molecule has 3 rings (SSSR count). The van der Waals surface area contributed by atoms with Crippen molar-refractivity contribution in [3.63, 3.8) is 0 Å². The molecule has 2 aromatic carbocycles. The molecule has 2 aromatic rings. The number of rotatable bonds is 19. The van der Waals surface area contributed by atoms with Crippen LogP contribution in [0, 0.1) is 12.8 Å². The van der Waals surface area contributed by atoms with E-state index in [9.17, 15) is 10.2 Å². The van der Waals surface area contributed by atoms with Crippen LogP contribution in [0.15, 0.2) is 34.3 Å². The minimum Gasteiger partial charge on any atom is -0.507 e. The molecule has 2 atom stereocenters. The Morgan fingerprint density at radius 3 is 1.23 bits per heavy atom. The standard InChI is InChI=1S/C53H89N3O2.CH2O3.CH3.Cr/c1-17-21-22-25-53(26-23-24-30-56(27-18-2,28-19-3)29-20-4)35-45(54-37-39-31-41(49(5,6)7)33-43(47(39)57)51(11,12)13)46(36-53)55-38-40-32-42(50(8,9)10)34-44(48(40)58)52(14,15)16;2-1(3)4;;/h31-34,37-38,45-46H,17-30,35-36H2,1-16H3,(H-,54,55,57,58);(H2,2,3,4);1H3;/q;;-1;/p+1. The SMILES string of the molecule is CCCCCC1(CCCC[N+](CCC)(CCC)CCC)CC(N=Cc2cc(C(C)(C)C)cc(C(C)(C)C)c2O)C(N=Cc2cc(C(C)(C)C)cc(C(C)(C)C)c2O)C1.O=C(O)O.[CH3-].[Cr]. The molecule has 4 N–H and O–H groups in total. The maximum absolute atomic E-state index is 11.7. The Labute approximate surface area is 403 Å². The van der Waals surface area contributed by atoms with Gasteiger partial charge in [0.2, 0.25) is 0 Å².